The predicted molar refractivity (Wildman–Crippen MR) is 98.2 cm³/mol. The minimum atomic E-state index is -0.687. The molecule has 1 aromatic heterocycles. The standard InChI is InChI=1S/C21H26N2O2/c1-21(2,3)16-8-6-14(7-9-16)19(24)13-23-20(25)18-11-17(18)15-5-4-10-22-12-15/h4-10,12,17-19,24H,11,13H2,1-3H3,(H,23,25). The Kier molecular flexibility index (Phi) is 4.91. The van der Waals surface area contributed by atoms with Crippen molar-refractivity contribution in [3.05, 3.63) is 65.5 Å². The Balaban J connectivity index is 1.51. The molecule has 0 radical (unpaired) electrons. The molecule has 1 amide bonds. The lowest BCUT2D eigenvalue weighted by atomic mass is 9.86. The maximum atomic E-state index is 12.3. The topological polar surface area (TPSA) is 62.2 Å². The Morgan fingerprint density at radius 2 is 2.00 bits per heavy atom. The number of aromatic nitrogens is 1. The van der Waals surface area contributed by atoms with Gasteiger partial charge in [-0.25, -0.2) is 0 Å². The van der Waals surface area contributed by atoms with E-state index < -0.39 is 6.10 Å². The van der Waals surface area contributed by atoms with E-state index in [2.05, 4.69) is 31.1 Å². The van der Waals surface area contributed by atoms with Crippen LogP contribution in [0.1, 0.15) is 55.9 Å². The highest BCUT2D eigenvalue weighted by Crippen LogP contribution is 2.47. The fraction of sp³-hybridized carbons (Fsp3) is 0.429. The number of rotatable bonds is 5. The minimum absolute atomic E-state index is 0.000309. The maximum absolute atomic E-state index is 12.3. The smallest absolute Gasteiger partial charge is 0.223 e. The molecule has 3 unspecified atom stereocenters. The van der Waals surface area contributed by atoms with Crippen LogP contribution in [0.4, 0.5) is 0 Å². The first-order valence-corrected chi connectivity index (χ1v) is 8.82. The summed E-state index contributed by atoms with van der Waals surface area (Å²) in [4.78, 5) is 16.4. The lowest BCUT2D eigenvalue weighted by Gasteiger charge is -2.20. The quantitative estimate of drug-likeness (QED) is 0.879. The molecule has 4 nitrogen and oxygen atoms in total. The number of nitrogens with one attached hydrogen (secondary N) is 1. The van der Waals surface area contributed by atoms with Gasteiger partial charge in [-0.1, -0.05) is 51.1 Å². The number of amides is 1. The number of aliphatic hydroxyl groups excluding tert-OH is 1. The summed E-state index contributed by atoms with van der Waals surface area (Å²) in [5.41, 5.74) is 3.25. The highest BCUT2D eigenvalue weighted by atomic mass is 16.3. The zero-order chi connectivity index (χ0) is 18.0. The highest BCUT2D eigenvalue weighted by Gasteiger charge is 2.43. The number of carbonyl (C=O) groups is 1. The fourth-order valence-corrected chi connectivity index (χ4v) is 3.10. The summed E-state index contributed by atoms with van der Waals surface area (Å²) in [6, 6.07) is 11.9. The summed E-state index contributed by atoms with van der Waals surface area (Å²) < 4.78 is 0. The lowest BCUT2D eigenvalue weighted by Crippen LogP contribution is -2.30. The van der Waals surface area contributed by atoms with Crippen LogP contribution in [0.25, 0.3) is 0 Å². The van der Waals surface area contributed by atoms with Gasteiger partial charge in [0.2, 0.25) is 5.91 Å². The molecule has 0 bridgehead atoms. The Hall–Kier alpha value is -2.20. The molecule has 1 aromatic carbocycles. The van der Waals surface area contributed by atoms with Crippen molar-refractivity contribution in [2.45, 2.75) is 44.6 Å². The van der Waals surface area contributed by atoms with Gasteiger partial charge in [0, 0.05) is 24.9 Å². The summed E-state index contributed by atoms with van der Waals surface area (Å²) in [6.07, 6.45) is 3.73. The summed E-state index contributed by atoms with van der Waals surface area (Å²) >= 11 is 0. The Bertz CT molecular complexity index is 720. The van der Waals surface area contributed by atoms with Gasteiger partial charge in [-0.05, 0) is 40.5 Å². The van der Waals surface area contributed by atoms with Gasteiger partial charge >= 0.3 is 0 Å². The number of hydrogen-bond acceptors (Lipinski definition) is 3. The van der Waals surface area contributed by atoms with Crippen LogP contribution in [0, 0.1) is 5.92 Å². The zero-order valence-corrected chi connectivity index (χ0v) is 15.1. The number of nitrogens with zero attached hydrogens (tertiary/aromatic N) is 1. The molecule has 132 valence electrons. The largest absolute Gasteiger partial charge is 0.387 e. The maximum Gasteiger partial charge on any atom is 0.223 e. The molecule has 2 N–H and O–H groups in total. The fourth-order valence-electron chi connectivity index (χ4n) is 3.10. The van der Waals surface area contributed by atoms with Gasteiger partial charge in [0.25, 0.3) is 0 Å². The average molecular weight is 338 g/mol. The van der Waals surface area contributed by atoms with Crippen molar-refractivity contribution in [3.63, 3.8) is 0 Å². The van der Waals surface area contributed by atoms with Crippen molar-refractivity contribution < 1.29 is 9.90 Å². The third-order valence-corrected chi connectivity index (χ3v) is 4.87. The first-order valence-electron chi connectivity index (χ1n) is 8.82. The van der Waals surface area contributed by atoms with Gasteiger partial charge in [0.15, 0.2) is 0 Å². The van der Waals surface area contributed by atoms with E-state index in [1.807, 2.05) is 42.6 Å². The van der Waals surface area contributed by atoms with Crippen molar-refractivity contribution >= 4 is 5.91 Å². The number of hydrogen-bond donors (Lipinski definition) is 2. The molecule has 3 atom stereocenters. The van der Waals surface area contributed by atoms with Crippen LogP contribution in [-0.4, -0.2) is 22.5 Å². The van der Waals surface area contributed by atoms with Crippen molar-refractivity contribution in [2.24, 2.45) is 5.92 Å². The molecule has 1 aliphatic carbocycles. The second-order valence-corrected chi connectivity index (χ2v) is 7.87. The summed E-state index contributed by atoms with van der Waals surface area (Å²) in [5.74, 6) is 0.274. The molecule has 2 aromatic rings. The molecule has 0 aliphatic heterocycles. The normalized spacial score (nSPS) is 20.8. The second kappa shape index (κ2) is 6.96. The summed E-state index contributed by atoms with van der Waals surface area (Å²) in [5, 5.41) is 13.2. The van der Waals surface area contributed by atoms with Crippen LogP contribution < -0.4 is 5.32 Å². The highest BCUT2D eigenvalue weighted by molar-refractivity contribution is 5.82. The van der Waals surface area contributed by atoms with E-state index in [1.165, 1.54) is 5.56 Å². The third-order valence-electron chi connectivity index (χ3n) is 4.87. The van der Waals surface area contributed by atoms with Gasteiger partial charge in [-0.3, -0.25) is 9.78 Å². The molecule has 4 heteroatoms. The third kappa shape index (κ3) is 4.26. The molecule has 1 aliphatic rings. The van der Waals surface area contributed by atoms with Gasteiger partial charge in [-0.15, -0.1) is 0 Å². The first-order chi connectivity index (χ1) is 11.9. The number of pyridine rings is 1. The van der Waals surface area contributed by atoms with Crippen molar-refractivity contribution in [3.8, 4) is 0 Å². The lowest BCUT2D eigenvalue weighted by molar-refractivity contribution is -0.122. The number of aliphatic hydroxyl groups is 1. The Morgan fingerprint density at radius 1 is 1.28 bits per heavy atom. The van der Waals surface area contributed by atoms with Crippen LogP contribution in [-0.2, 0) is 10.2 Å². The number of carbonyl (C=O) groups excluding carboxylic acids is 1. The molecule has 1 saturated carbocycles. The predicted octanol–water partition coefficient (Wildman–Crippen LogP) is 3.33. The SMILES string of the molecule is CC(C)(C)c1ccc(C(O)CNC(=O)C2CC2c2cccnc2)cc1. The van der Waals surface area contributed by atoms with Crippen LogP contribution in [0.5, 0.6) is 0 Å². The van der Waals surface area contributed by atoms with Crippen molar-refractivity contribution in [1.29, 1.82) is 0 Å². The van der Waals surface area contributed by atoms with Crippen LogP contribution in [0.3, 0.4) is 0 Å². The van der Waals surface area contributed by atoms with E-state index in [-0.39, 0.29) is 29.7 Å². The average Bonchev–Trinajstić information content (AvgIpc) is 3.40. The molecular formula is C21H26N2O2. The van der Waals surface area contributed by atoms with E-state index in [0.29, 0.717) is 0 Å². The monoisotopic (exact) mass is 338 g/mol. The van der Waals surface area contributed by atoms with Crippen LogP contribution in [0.2, 0.25) is 0 Å². The summed E-state index contributed by atoms with van der Waals surface area (Å²) in [6.45, 7) is 6.72. The van der Waals surface area contributed by atoms with Crippen molar-refractivity contribution in [1.82, 2.24) is 10.3 Å². The Morgan fingerprint density at radius 3 is 2.60 bits per heavy atom. The van der Waals surface area contributed by atoms with Gasteiger partial charge < -0.3 is 10.4 Å². The van der Waals surface area contributed by atoms with E-state index in [4.69, 9.17) is 0 Å². The van der Waals surface area contributed by atoms with Crippen LogP contribution >= 0.6 is 0 Å². The van der Waals surface area contributed by atoms with Gasteiger partial charge in [0.05, 0.1) is 6.10 Å². The zero-order valence-electron chi connectivity index (χ0n) is 15.1. The van der Waals surface area contributed by atoms with E-state index in [1.54, 1.807) is 6.20 Å². The molecule has 0 spiro atoms. The molecule has 0 saturated heterocycles. The molecular weight excluding hydrogens is 312 g/mol. The molecule has 3 rings (SSSR count). The second-order valence-electron chi connectivity index (χ2n) is 7.87. The van der Waals surface area contributed by atoms with Crippen LogP contribution in [0.15, 0.2) is 48.8 Å². The van der Waals surface area contributed by atoms with Crippen molar-refractivity contribution in [2.75, 3.05) is 6.54 Å². The van der Waals surface area contributed by atoms with Gasteiger partial charge in [0.1, 0.15) is 0 Å². The minimum Gasteiger partial charge on any atom is -0.387 e. The van der Waals surface area contributed by atoms with E-state index >= 15 is 0 Å². The molecule has 25 heavy (non-hydrogen) atoms. The number of benzene rings is 1. The first kappa shape index (κ1) is 17.6. The molecule has 1 heterocycles. The molecule has 1 fully saturated rings. The van der Waals surface area contributed by atoms with Gasteiger partial charge in [-0.2, -0.15) is 0 Å². The Labute approximate surface area is 149 Å². The van der Waals surface area contributed by atoms with E-state index in [0.717, 1.165) is 17.5 Å². The summed E-state index contributed by atoms with van der Waals surface area (Å²) in [7, 11) is 0. The van der Waals surface area contributed by atoms with E-state index in [9.17, 15) is 9.90 Å².